The molecule has 1 aliphatic heterocycles. The molecule has 1 fully saturated rings. The van der Waals surface area contributed by atoms with Gasteiger partial charge in [0.2, 0.25) is 5.82 Å². The van der Waals surface area contributed by atoms with Crippen LogP contribution in [0.5, 0.6) is 0 Å². The Morgan fingerprint density at radius 1 is 1.07 bits per heavy atom. The lowest BCUT2D eigenvalue weighted by Gasteiger charge is -2.34. The number of aromatic nitrogens is 2. The van der Waals surface area contributed by atoms with Crippen molar-refractivity contribution in [2.45, 2.75) is 63.5 Å². The van der Waals surface area contributed by atoms with Crippen molar-refractivity contribution in [1.29, 1.82) is 0 Å². The van der Waals surface area contributed by atoms with Crippen LogP contribution in [0.3, 0.4) is 0 Å². The van der Waals surface area contributed by atoms with Crippen LogP contribution in [0.25, 0.3) is 0 Å². The number of rotatable bonds is 8. The van der Waals surface area contributed by atoms with E-state index in [9.17, 15) is 5.11 Å². The number of aliphatic hydroxyl groups is 1. The third-order valence-corrected chi connectivity index (χ3v) is 6.12. The van der Waals surface area contributed by atoms with Crippen LogP contribution in [0.15, 0.2) is 65.2 Å². The van der Waals surface area contributed by atoms with Gasteiger partial charge in [-0.1, -0.05) is 85.6 Å². The third-order valence-electron chi connectivity index (χ3n) is 6.12. The fourth-order valence-corrected chi connectivity index (χ4v) is 4.38. The first-order chi connectivity index (χ1) is 14.7. The molecule has 0 radical (unpaired) electrons. The maximum Gasteiger partial charge on any atom is 0.324 e. The number of benzene rings is 2. The molecule has 3 aromatic rings. The Hall–Kier alpha value is -2.66. The van der Waals surface area contributed by atoms with Gasteiger partial charge >= 0.3 is 6.01 Å². The Kier molecular flexibility index (Phi) is 6.48. The quantitative estimate of drug-likeness (QED) is 0.565. The molecule has 1 aromatic heterocycles. The minimum atomic E-state index is -1.23. The molecule has 0 aliphatic carbocycles. The van der Waals surface area contributed by atoms with Crippen molar-refractivity contribution in [1.82, 2.24) is 10.1 Å². The Morgan fingerprint density at radius 2 is 1.80 bits per heavy atom. The van der Waals surface area contributed by atoms with E-state index in [-0.39, 0.29) is 0 Å². The average molecular weight is 406 g/mol. The van der Waals surface area contributed by atoms with E-state index in [2.05, 4.69) is 41.2 Å². The van der Waals surface area contributed by atoms with Gasteiger partial charge < -0.3 is 14.5 Å². The molecular weight excluding hydrogens is 374 g/mol. The number of piperidine rings is 1. The Morgan fingerprint density at radius 3 is 2.53 bits per heavy atom. The van der Waals surface area contributed by atoms with Crippen LogP contribution >= 0.6 is 0 Å². The predicted octanol–water partition coefficient (Wildman–Crippen LogP) is 5.10. The van der Waals surface area contributed by atoms with Gasteiger partial charge in [0.1, 0.15) is 0 Å². The van der Waals surface area contributed by atoms with Crippen LogP contribution < -0.4 is 4.90 Å². The Balaban J connectivity index is 1.60. The summed E-state index contributed by atoms with van der Waals surface area (Å²) in [6.45, 7) is 3.02. The van der Waals surface area contributed by atoms with Crippen LogP contribution in [-0.4, -0.2) is 27.8 Å². The molecule has 2 atom stereocenters. The van der Waals surface area contributed by atoms with Gasteiger partial charge in [-0.25, -0.2) is 0 Å². The first-order valence-corrected chi connectivity index (χ1v) is 11.1. The molecular formula is C25H31N3O2. The van der Waals surface area contributed by atoms with E-state index in [0.29, 0.717) is 24.3 Å². The predicted molar refractivity (Wildman–Crippen MR) is 118 cm³/mol. The largest absolute Gasteiger partial charge is 0.377 e. The highest BCUT2D eigenvalue weighted by molar-refractivity contribution is 5.34. The molecule has 5 nitrogen and oxygen atoms in total. The summed E-state index contributed by atoms with van der Waals surface area (Å²) < 4.78 is 5.72. The van der Waals surface area contributed by atoms with Gasteiger partial charge in [0.25, 0.3) is 0 Å². The molecule has 0 spiro atoms. The van der Waals surface area contributed by atoms with Gasteiger partial charge in [0, 0.05) is 12.6 Å². The van der Waals surface area contributed by atoms with E-state index in [0.717, 1.165) is 44.2 Å². The molecule has 2 heterocycles. The van der Waals surface area contributed by atoms with Gasteiger partial charge in [-0.05, 0) is 43.2 Å². The lowest BCUT2D eigenvalue weighted by molar-refractivity contribution is 0.0566. The maximum absolute atomic E-state index is 11.6. The van der Waals surface area contributed by atoms with Crippen molar-refractivity contribution < 1.29 is 9.63 Å². The van der Waals surface area contributed by atoms with Crippen molar-refractivity contribution in [3.8, 4) is 0 Å². The van der Waals surface area contributed by atoms with Crippen LogP contribution in [0, 0.1) is 0 Å². The Bertz CT molecular complexity index is 912. The highest BCUT2D eigenvalue weighted by Gasteiger charge is 2.37. The molecule has 4 rings (SSSR count). The molecule has 0 amide bonds. The second kappa shape index (κ2) is 9.43. The van der Waals surface area contributed by atoms with E-state index in [1.54, 1.807) is 0 Å². The summed E-state index contributed by atoms with van der Waals surface area (Å²) in [4.78, 5) is 6.96. The number of hydrogen-bond acceptors (Lipinski definition) is 5. The maximum atomic E-state index is 11.6. The van der Waals surface area contributed by atoms with Gasteiger partial charge in [-0.2, -0.15) is 4.98 Å². The summed E-state index contributed by atoms with van der Waals surface area (Å²) in [6.07, 6.45) is 6.82. The summed E-state index contributed by atoms with van der Waals surface area (Å²) in [5.74, 6) is 0.362. The first kappa shape index (κ1) is 20.6. The monoisotopic (exact) mass is 405 g/mol. The lowest BCUT2D eigenvalue weighted by Crippen LogP contribution is -2.41. The average Bonchev–Trinajstić information content (AvgIpc) is 3.30. The summed E-state index contributed by atoms with van der Waals surface area (Å²) in [5.41, 5.74) is 0.896. The lowest BCUT2D eigenvalue weighted by atomic mass is 9.88. The van der Waals surface area contributed by atoms with Gasteiger partial charge in [-0.3, -0.25) is 0 Å². The van der Waals surface area contributed by atoms with E-state index in [4.69, 9.17) is 9.51 Å². The molecule has 0 bridgehead atoms. The molecule has 1 N–H and O–H groups in total. The summed E-state index contributed by atoms with van der Waals surface area (Å²) in [7, 11) is 0. The normalized spacial score (nSPS) is 18.9. The van der Waals surface area contributed by atoms with E-state index in [1.807, 2.05) is 36.4 Å². The van der Waals surface area contributed by atoms with Crippen LogP contribution in [0.4, 0.5) is 6.01 Å². The highest BCUT2D eigenvalue weighted by atomic mass is 16.5. The van der Waals surface area contributed by atoms with E-state index in [1.165, 1.54) is 12.0 Å². The van der Waals surface area contributed by atoms with Crippen LogP contribution in [0.1, 0.15) is 62.4 Å². The second-order valence-electron chi connectivity index (χ2n) is 8.26. The summed E-state index contributed by atoms with van der Waals surface area (Å²) in [5, 5.41) is 15.9. The fraction of sp³-hybridized carbons (Fsp3) is 0.440. The number of hydrogen-bond donors (Lipinski definition) is 1. The zero-order chi connectivity index (χ0) is 20.8. The van der Waals surface area contributed by atoms with Crippen LogP contribution in [0.2, 0.25) is 0 Å². The summed E-state index contributed by atoms with van der Waals surface area (Å²) in [6, 6.07) is 21.1. The SMILES string of the molecule is CCCCC(O)(c1ccccc1)c1noc(N2CCCCC2Cc2ccccc2)n1. The zero-order valence-corrected chi connectivity index (χ0v) is 17.7. The first-order valence-electron chi connectivity index (χ1n) is 11.1. The van der Waals surface area contributed by atoms with Crippen molar-refractivity contribution >= 4 is 6.01 Å². The molecule has 2 unspecified atom stereocenters. The second-order valence-corrected chi connectivity index (χ2v) is 8.26. The van der Waals surface area contributed by atoms with Crippen molar-refractivity contribution in [3.63, 3.8) is 0 Å². The van der Waals surface area contributed by atoms with E-state index >= 15 is 0 Å². The molecule has 30 heavy (non-hydrogen) atoms. The molecule has 0 saturated carbocycles. The number of unbranched alkanes of at least 4 members (excludes halogenated alkanes) is 1. The minimum Gasteiger partial charge on any atom is -0.377 e. The molecule has 1 saturated heterocycles. The summed E-state index contributed by atoms with van der Waals surface area (Å²) >= 11 is 0. The highest BCUT2D eigenvalue weighted by Crippen LogP contribution is 2.35. The van der Waals surface area contributed by atoms with Gasteiger partial charge in [-0.15, -0.1) is 0 Å². The zero-order valence-electron chi connectivity index (χ0n) is 17.7. The molecule has 5 heteroatoms. The topological polar surface area (TPSA) is 62.4 Å². The van der Waals surface area contributed by atoms with Crippen molar-refractivity contribution in [2.75, 3.05) is 11.4 Å². The molecule has 158 valence electrons. The standard InChI is InChI=1S/C25H31N3O2/c1-2-3-17-25(29,21-14-8-5-9-15-21)23-26-24(30-27-23)28-18-11-10-16-22(28)19-20-12-6-4-7-13-20/h4-9,12-15,22,29H,2-3,10-11,16-19H2,1H3. The molecule has 1 aliphatic rings. The van der Waals surface area contributed by atoms with Crippen molar-refractivity contribution in [3.05, 3.63) is 77.6 Å². The Labute approximate surface area is 178 Å². The van der Waals surface area contributed by atoms with Crippen molar-refractivity contribution in [2.24, 2.45) is 0 Å². The molecule has 2 aromatic carbocycles. The van der Waals surface area contributed by atoms with Gasteiger partial charge in [0.15, 0.2) is 5.60 Å². The van der Waals surface area contributed by atoms with E-state index < -0.39 is 5.60 Å². The third kappa shape index (κ3) is 4.41. The minimum absolute atomic E-state index is 0.329. The van der Waals surface area contributed by atoms with Gasteiger partial charge in [0.05, 0.1) is 0 Å². The number of anilines is 1. The van der Waals surface area contributed by atoms with Crippen LogP contribution in [-0.2, 0) is 12.0 Å². The number of nitrogens with zero attached hydrogens (tertiary/aromatic N) is 3. The fourth-order valence-electron chi connectivity index (χ4n) is 4.38. The smallest absolute Gasteiger partial charge is 0.324 e.